The lowest BCUT2D eigenvalue weighted by Crippen LogP contribution is -2.49. The first-order valence-corrected chi connectivity index (χ1v) is 15.0. The van der Waals surface area contributed by atoms with Crippen molar-refractivity contribution in [1.82, 2.24) is 14.7 Å². The Bertz CT molecular complexity index is 590. The van der Waals surface area contributed by atoms with Gasteiger partial charge in [-0.1, -0.05) is 68.2 Å². The highest BCUT2D eigenvalue weighted by molar-refractivity contribution is 5.89. The molecule has 0 aromatic rings. The van der Waals surface area contributed by atoms with Crippen LogP contribution in [0.15, 0.2) is 0 Å². The largest absolute Gasteiger partial charge is 0.371 e. The quantitative estimate of drug-likeness (QED) is 0.180. The first-order chi connectivity index (χ1) is 17.6. The molecule has 37 heavy (non-hydrogen) atoms. The zero-order chi connectivity index (χ0) is 28.3. The second-order valence-electron chi connectivity index (χ2n) is 11.1. The second kappa shape index (κ2) is 20.3. The molecule has 0 aliphatic heterocycles. The summed E-state index contributed by atoms with van der Waals surface area (Å²) in [5.41, 5.74) is 0.0620. The van der Waals surface area contributed by atoms with Gasteiger partial charge in [-0.2, -0.15) is 0 Å². The van der Waals surface area contributed by atoms with Gasteiger partial charge in [0.2, 0.25) is 17.7 Å². The highest BCUT2D eigenvalue weighted by Gasteiger charge is 2.31. The molecule has 0 aromatic carbocycles. The summed E-state index contributed by atoms with van der Waals surface area (Å²) in [6.07, 6.45) is 8.79. The summed E-state index contributed by atoms with van der Waals surface area (Å²) >= 11 is 0. The molecule has 0 aliphatic rings. The molecule has 0 radical (unpaired) electrons. The van der Waals surface area contributed by atoms with Crippen molar-refractivity contribution in [3.63, 3.8) is 0 Å². The number of rotatable bonds is 22. The summed E-state index contributed by atoms with van der Waals surface area (Å²) in [6.45, 7) is 19.9. The Hall–Kier alpha value is -1.63. The van der Waals surface area contributed by atoms with E-state index in [0.717, 1.165) is 57.8 Å². The van der Waals surface area contributed by atoms with Gasteiger partial charge in [-0.05, 0) is 56.3 Å². The van der Waals surface area contributed by atoms with Crippen molar-refractivity contribution in [3.8, 4) is 0 Å². The predicted molar refractivity (Wildman–Crippen MR) is 153 cm³/mol. The van der Waals surface area contributed by atoms with Crippen LogP contribution in [0.4, 0.5) is 0 Å². The molecular formula is C30H59N3O4. The summed E-state index contributed by atoms with van der Waals surface area (Å²) in [5, 5.41) is 0. The number of carbonyl (C=O) groups excluding carboxylic acids is 3. The molecule has 0 bridgehead atoms. The van der Waals surface area contributed by atoms with E-state index in [1.165, 1.54) is 4.90 Å². The molecule has 7 nitrogen and oxygen atoms in total. The van der Waals surface area contributed by atoms with Crippen LogP contribution in [0.3, 0.4) is 0 Å². The minimum absolute atomic E-state index is 0.0620. The summed E-state index contributed by atoms with van der Waals surface area (Å²) in [4.78, 5) is 44.7. The third-order valence-corrected chi connectivity index (χ3v) is 6.72. The fraction of sp³-hybridized carbons (Fsp3) is 0.900. The monoisotopic (exact) mass is 525 g/mol. The van der Waals surface area contributed by atoms with Crippen molar-refractivity contribution in [2.75, 3.05) is 52.5 Å². The molecule has 0 spiro atoms. The van der Waals surface area contributed by atoms with Gasteiger partial charge in [0.25, 0.3) is 0 Å². The van der Waals surface area contributed by atoms with Crippen molar-refractivity contribution in [2.24, 2.45) is 11.3 Å². The molecule has 0 saturated carbocycles. The van der Waals surface area contributed by atoms with Crippen LogP contribution >= 0.6 is 0 Å². The van der Waals surface area contributed by atoms with Gasteiger partial charge in [-0.3, -0.25) is 14.4 Å². The van der Waals surface area contributed by atoms with Crippen LogP contribution in [0, 0.1) is 11.3 Å². The van der Waals surface area contributed by atoms with E-state index < -0.39 is 0 Å². The maximum absolute atomic E-state index is 13.4. The van der Waals surface area contributed by atoms with Crippen LogP contribution < -0.4 is 0 Å². The zero-order valence-electron chi connectivity index (χ0n) is 25.6. The van der Waals surface area contributed by atoms with E-state index >= 15 is 0 Å². The average Bonchev–Trinajstić information content (AvgIpc) is 2.83. The summed E-state index contributed by atoms with van der Waals surface area (Å²) < 4.78 is 6.08. The molecule has 0 atom stereocenters. The Morgan fingerprint density at radius 2 is 1.03 bits per heavy atom. The molecule has 0 N–H and O–H groups in total. The number of ether oxygens (including phenoxy) is 1. The molecule has 0 fully saturated rings. The van der Waals surface area contributed by atoms with Crippen molar-refractivity contribution in [1.29, 1.82) is 0 Å². The molecule has 0 rings (SSSR count). The molecule has 0 aromatic heterocycles. The SMILES string of the molecule is CCCN(CCC)C(=O)CN(CC(=O)N(CCC)CCC)C(=O)COCC(CCC)(CCC)CC(C)C. The van der Waals surface area contributed by atoms with Gasteiger partial charge < -0.3 is 19.4 Å². The van der Waals surface area contributed by atoms with E-state index in [4.69, 9.17) is 4.74 Å². The number of nitrogens with zero attached hydrogens (tertiary/aromatic N) is 3. The van der Waals surface area contributed by atoms with Crippen LogP contribution in [0.5, 0.6) is 0 Å². The minimum atomic E-state index is -0.283. The van der Waals surface area contributed by atoms with Crippen LogP contribution in [-0.4, -0.2) is 84.9 Å². The van der Waals surface area contributed by atoms with Gasteiger partial charge in [-0.25, -0.2) is 0 Å². The number of carbonyl (C=O) groups is 3. The van der Waals surface area contributed by atoms with Crippen LogP contribution in [0.2, 0.25) is 0 Å². The predicted octanol–water partition coefficient (Wildman–Crippen LogP) is 5.76. The molecular weight excluding hydrogens is 466 g/mol. The third kappa shape index (κ3) is 14.2. The number of amides is 3. The fourth-order valence-electron chi connectivity index (χ4n) is 5.47. The summed E-state index contributed by atoms with van der Waals surface area (Å²) in [7, 11) is 0. The first kappa shape index (κ1) is 35.4. The van der Waals surface area contributed by atoms with Crippen molar-refractivity contribution in [3.05, 3.63) is 0 Å². The lowest BCUT2D eigenvalue weighted by molar-refractivity contribution is -0.148. The smallest absolute Gasteiger partial charge is 0.249 e. The van der Waals surface area contributed by atoms with Crippen molar-refractivity contribution >= 4 is 17.7 Å². The summed E-state index contributed by atoms with van der Waals surface area (Å²) in [6, 6.07) is 0. The molecule has 218 valence electrons. The minimum Gasteiger partial charge on any atom is -0.371 e. The van der Waals surface area contributed by atoms with Crippen molar-refractivity contribution < 1.29 is 19.1 Å². The normalized spacial score (nSPS) is 11.6. The van der Waals surface area contributed by atoms with Gasteiger partial charge in [0.1, 0.15) is 19.7 Å². The second-order valence-corrected chi connectivity index (χ2v) is 11.1. The Balaban J connectivity index is 5.62. The van der Waals surface area contributed by atoms with E-state index in [1.807, 2.05) is 27.7 Å². The maximum atomic E-state index is 13.4. The lowest BCUT2D eigenvalue weighted by Gasteiger charge is -2.35. The van der Waals surface area contributed by atoms with E-state index in [9.17, 15) is 14.4 Å². The van der Waals surface area contributed by atoms with Gasteiger partial charge in [0, 0.05) is 26.2 Å². The third-order valence-electron chi connectivity index (χ3n) is 6.72. The van der Waals surface area contributed by atoms with Crippen LogP contribution in [-0.2, 0) is 19.1 Å². The summed E-state index contributed by atoms with van der Waals surface area (Å²) in [5.74, 6) is 0.0615. The average molecular weight is 526 g/mol. The highest BCUT2D eigenvalue weighted by Crippen LogP contribution is 2.37. The van der Waals surface area contributed by atoms with Gasteiger partial charge >= 0.3 is 0 Å². The lowest BCUT2D eigenvalue weighted by atomic mass is 9.74. The Morgan fingerprint density at radius 1 is 0.622 bits per heavy atom. The zero-order valence-corrected chi connectivity index (χ0v) is 25.6. The molecule has 0 heterocycles. The van der Waals surface area contributed by atoms with Crippen LogP contribution in [0.1, 0.15) is 113 Å². The number of hydrogen-bond acceptors (Lipinski definition) is 4. The highest BCUT2D eigenvalue weighted by atomic mass is 16.5. The topological polar surface area (TPSA) is 70.2 Å². The van der Waals surface area contributed by atoms with Gasteiger partial charge in [-0.15, -0.1) is 0 Å². The molecule has 7 heteroatoms. The Morgan fingerprint density at radius 3 is 1.35 bits per heavy atom. The van der Waals surface area contributed by atoms with E-state index in [-0.39, 0.29) is 42.8 Å². The number of hydrogen-bond donors (Lipinski definition) is 0. The molecule has 0 unspecified atom stereocenters. The Kier molecular flexibility index (Phi) is 19.5. The first-order valence-electron chi connectivity index (χ1n) is 15.0. The molecule has 0 aliphatic carbocycles. The van der Waals surface area contributed by atoms with Crippen molar-refractivity contribution in [2.45, 2.75) is 113 Å². The molecule has 3 amide bonds. The van der Waals surface area contributed by atoms with Crippen LogP contribution in [0.25, 0.3) is 0 Å². The van der Waals surface area contributed by atoms with E-state index in [0.29, 0.717) is 38.7 Å². The molecule has 0 saturated heterocycles. The standard InChI is InChI=1S/C30H59N3O4/c1-9-15-30(16-10-2,21-26(7)8)25-37-24-29(36)33(22-27(34)31(17-11-3)18-12-4)23-28(35)32(19-13-5)20-14-6/h26H,9-25H2,1-8H3. The van der Waals surface area contributed by atoms with E-state index in [2.05, 4.69) is 27.7 Å². The Labute approximate surface area is 228 Å². The van der Waals surface area contributed by atoms with E-state index in [1.54, 1.807) is 9.80 Å². The maximum Gasteiger partial charge on any atom is 0.249 e. The fourth-order valence-corrected chi connectivity index (χ4v) is 5.47. The van der Waals surface area contributed by atoms with Gasteiger partial charge in [0.05, 0.1) is 6.61 Å². The van der Waals surface area contributed by atoms with Gasteiger partial charge in [0.15, 0.2) is 0 Å².